The lowest BCUT2D eigenvalue weighted by Crippen LogP contribution is -2.05. The second-order valence-electron chi connectivity index (χ2n) is 3.84. The zero-order valence-corrected chi connectivity index (χ0v) is 10.1. The summed E-state index contributed by atoms with van der Waals surface area (Å²) in [5.41, 5.74) is 0.196. The van der Waals surface area contributed by atoms with Crippen LogP contribution in [0.2, 0.25) is 0 Å². The maximum absolute atomic E-state index is 10.8. The summed E-state index contributed by atoms with van der Waals surface area (Å²) in [5, 5.41) is 16.7. The molecule has 0 aliphatic heterocycles. The molecule has 94 valence electrons. The summed E-state index contributed by atoms with van der Waals surface area (Å²) in [6, 6.07) is 6.34. The zero-order valence-electron chi connectivity index (χ0n) is 10.1. The number of aromatic carboxylic acids is 1. The van der Waals surface area contributed by atoms with Gasteiger partial charge in [-0.15, -0.1) is 10.2 Å². The molecule has 0 fully saturated rings. The Morgan fingerprint density at radius 2 is 2.22 bits per heavy atom. The number of carboxylic acids is 1. The lowest BCUT2D eigenvalue weighted by Gasteiger charge is -2.06. The lowest BCUT2D eigenvalue weighted by atomic mass is 10.2. The van der Waals surface area contributed by atoms with Gasteiger partial charge in [0.2, 0.25) is 0 Å². The van der Waals surface area contributed by atoms with Gasteiger partial charge in [0.05, 0.1) is 5.56 Å². The molecule has 6 heteroatoms. The fourth-order valence-electron chi connectivity index (χ4n) is 1.44. The van der Waals surface area contributed by atoms with Crippen LogP contribution in [0.5, 0.6) is 5.75 Å². The van der Waals surface area contributed by atoms with Gasteiger partial charge >= 0.3 is 5.97 Å². The van der Waals surface area contributed by atoms with Crippen molar-refractivity contribution in [3.05, 3.63) is 41.5 Å². The molecule has 0 radical (unpaired) electrons. The van der Waals surface area contributed by atoms with Crippen LogP contribution in [-0.2, 0) is 13.7 Å². The van der Waals surface area contributed by atoms with Gasteiger partial charge in [0.15, 0.2) is 5.82 Å². The molecule has 0 spiro atoms. The van der Waals surface area contributed by atoms with Gasteiger partial charge in [0.25, 0.3) is 0 Å². The Bertz CT molecular complexity index is 578. The van der Waals surface area contributed by atoms with Gasteiger partial charge in [-0.2, -0.15) is 0 Å². The van der Waals surface area contributed by atoms with E-state index in [4.69, 9.17) is 9.84 Å². The Morgan fingerprint density at radius 3 is 2.83 bits per heavy atom. The molecule has 0 aliphatic carbocycles. The minimum Gasteiger partial charge on any atom is -0.486 e. The van der Waals surface area contributed by atoms with Crippen LogP contribution in [-0.4, -0.2) is 25.8 Å². The van der Waals surface area contributed by atoms with E-state index >= 15 is 0 Å². The summed E-state index contributed by atoms with van der Waals surface area (Å²) in [7, 11) is 1.85. The highest BCUT2D eigenvalue weighted by Crippen LogP contribution is 2.14. The fourth-order valence-corrected chi connectivity index (χ4v) is 1.44. The van der Waals surface area contributed by atoms with E-state index in [1.165, 1.54) is 12.1 Å². The van der Waals surface area contributed by atoms with Gasteiger partial charge in [-0.05, 0) is 25.1 Å². The number of ether oxygens (including phenoxy) is 1. The van der Waals surface area contributed by atoms with Crippen molar-refractivity contribution in [1.82, 2.24) is 14.8 Å². The number of benzene rings is 1. The first-order valence-corrected chi connectivity index (χ1v) is 5.39. The summed E-state index contributed by atoms with van der Waals surface area (Å²) < 4.78 is 7.31. The van der Waals surface area contributed by atoms with Crippen molar-refractivity contribution in [3.8, 4) is 5.75 Å². The smallest absolute Gasteiger partial charge is 0.335 e. The highest BCUT2D eigenvalue weighted by Gasteiger charge is 2.07. The summed E-state index contributed by atoms with van der Waals surface area (Å²) in [6.45, 7) is 2.10. The Hall–Kier alpha value is -2.37. The number of hydrogen-bond donors (Lipinski definition) is 1. The average molecular weight is 247 g/mol. The molecule has 0 amide bonds. The van der Waals surface area contributed by atoms with Gasteiger partial charge in [0.1, 0.15) is 18.2 Å². The SMILES string of the molecule is Cc1nnc(COc2cccc(C(=O)O)c2)n1C. The van der Waals surface area contributed by atoms with Crippen LogP contribution >= 0.6 is 0 Å². The van der Waals surface area contributed by atoms with E-state index in [9.17, 15) is 4.79 Å². The molecule has 0 saturated heterocycles. The first kappa shape index (κ1) is 12.1. The largest absolute Gasteiger partial charge is 0.486 e. The van der Waals surface area contributed by atoms with Crippen LogP contribution in [0.3, 0.4) is 0 Å². The number of hydrogen-bond acceptors (Lipinski definition) is 4. The molecule has 0 aliphatic rings. The molecule has 1 heterocycles. The summed E-state index contributed by atoms with van der Waals surface area (Å²) in [6.07, 6.45) is 0. The third kappa shape index (κ3) is 2.48. The van der Waals surface area contributed by atoms with Crippen LogP contribution in [0.4, 0.5) is 0 Å². The first-order valence-electron chi connectivity index (χ1n) is 5.39. The normalized spacial score (nSPS) is 10.3. The number of carbonyl (C=O) groups is 1. The first-order chi connectivity index (χ1) is 8.58. The van der Waals surface area contributed by atoms with Crippen molar-refractivity contribution in [2.24, 2.45) is 7.05 Å². The van der Waals surface area contributed by atoms with E-state index < -0.39 is 5.97 Å². The van der Waals surface area contributed by atoms with Gasteiger partial charge < -0.3 is 14.4 Å². The van der Waals surface area contributed by atoms with E-state index in [0.717, 1.165) is 5.82 Å². The summed E-state index contributed by atoms with van der Waals surface area (Å²) >= 11 is 0. The van der Waals surface area contributed by atoms with E-state index in [1.54, 1.807) is 12.1 Å². The zero-order chi connectivity index (χ0) is 13.1. The lowest BCUT2D eigenvalue weighted by molar-refractivity contribution is 0.0696. The monoisotopic (exact) mass is 247 g/mol. The number of nitrogens with zero attached hydrogens (tertiary/aromatic N) is 3. The standard InChI is InChI=1S/C12H13N3O3/c1-8-13-14-11(15(8)2)7-18-10-5-3-4-9(6-10)12(16)17/h3-6H,7H2,1-2H3,(H,16,17). The second-order valence-corrected chi connectivity index (χ2v) is 3.84. The van der Waals surface area contributed by atoms with Crippen LogP contribution in [0.1, 0.15) is 22.0 Å². The molecule has 6 nitrogen and oxygen atoms in total. The van der Waals surface area contributed by atoms with Gasteiger partial charge in [0, 0.05) is 7.05 Å². The highest BCUT2D eigenvalue weighted by molar-refractivity contribution is 5.87. The Balaban J connectivity index is 2.08. The summed E-state index contributed by atoms with van der Waals surface area (Å²) in [5.74, 6) is 1.01. The molecule has 2 aromatic rings. The van der Waals surface area contributed by atoms with Crippen LogP contribution in [0.25, 0.3) is 0 Å². The predicted molar refractivity (Wildman–Crippen MR) is 63.5 cm³/mol. The van der Waals surface area contributed by atoms with Gasteiger partial charge in [-0.3, -0.25) is 0 Å². The van der Waals surface area contributed by atoms with Crippen LogP contribution in [0, 0.1) is 6.92 Å². The molecular weight excluding hydrogens is 234 g/mol. The Morgan fingerprint density at radius 1 is 1.44 bits per heavy atom. The molecule has 0 saturated carbocycles. The molecule has 0 atom stereocenters. The average Bonchev–Trinajstić information content (AvgIpc) is 2.68. The molecule has 1 aromatic heterocycles. The van der Waals surface area contributed by atoms with Crippen LogP contribution < -0.4 is 4.74 Å². The third-order valence-electron chi connectivity index (χ3n) is 2.63. The molecule has 1 N–H and O–H groups in total. The third-order valence-corrected chi connectivity index (χ3v) is 2.63. The highest BCUT2D eigenvalue weighted by atomic mass is 16.5. The van der Waals surface area contributed by atoms with Crippen molar-refractivity contribution in [2.45, 2.75) is 13.5 Å². The molecule has 18 heavy (non-hydrogen) atoms. The molecule has 0 unspecified atom stereocenters. The van der Waals surface area contributed by atoms with Gasteiger partial charge in [-0.25, -0.2) is 4.79 Å². The maximum Gasteiger partial charge on any atom is 0.335 e. The minimum absolute atomic E-state index is 0.196. The van der Waals surface area contributed by atoms with Crippen molar-refractivity contribution < 1.29 is 14.6 Å². The summed E-state index contributed by atoms with van der Waals surface area (Å²) in [4.78, 5) is 10.8. The van der Waals surface area contributed by atoms with Crippen molar-refractivity contribution in [1.29, 1.82) is 0 Å². The quantitative estimate of drug-likeness (QED) is 0.883. The molecule has 2 rings (SSSR count). The van der Waals surface area contributed by atoms with E-state index in [-0.39, 0.29) is 12.2 Å². The number of aryl methyl sites for hydroxylation is 1. The predicted octanol–water partition coefficient (Wildman–Crippen LogP) is 1.40. The van der Waals surface area contributed by atoms with E-state index in [1.807, 2.05) is 18.5 Å². The Labute approximate surface area is 104 Å². The Kier molecular flexibility index (Phi) is 3.27. The topological polar surface area (TPSA) is 77.2 Å². The molecule has 1 aromatic carbocycles. The van der Waals surface area contributed by atoms with Crippen LogP contribution in [0.15, 0.2) is 24.3 Å². The number of rotatable bonds is 4. The maximum atomic E-state index is 10.8. The fraction of sp³-hybridized carbons (Fsp3) is 0.250. The molecular formula is C12H13N3O3. The van der Waals surface area contributed by atoms with Gasteiger partial charge in [-0.1, -0.05) is 6.07 Å². The number of aromatic nitrogens is 3. The van der Waals surface area contributed by atoms with Crippen molar-refractivity contribution in [3.63, 3.8) is 0 Å². The second kappa shape index (κ2) is 4.87. The van der Waals surface area contributed by atoms with Crippen molar-refractivity contribution >= 4 is 5.97 Å². The van der Waals surface area contributed by atoms with Crippen molar-refractivity contribution in [2.75, 3.05) is 0 Å². The molecule has 0 bridgehead atoms. The van der Waals surface area contributed by atoms with E-state index in [2.05, 4.69) is 10.2 Å². The van der Waals surface area contributed by atoms with E-state index in [0.29, 0.717) is 11.6 Å². The minimum atomic E-state index is -0.977. The number of carboxylic acid groups (broad SMARTS) is 1.